The highest BCUT2D eigenvalue weighted by atomic mass is 32.1. The van der Waals surface area contributed by atoms with E-state index < -0.39 is 5.92 Å². The lowest BCUT2D eigenvalue weighted by Crippen LogP contribution is -2.46. The summed E-state index contributed by atoms with van der Waals surface area (Å²) in [5, 5.41) is 3.03. The van der Waals surface area contributed by atoms with Gasteiger partial charge in [-0.15, -0.1) is 0 Å². The molecule has 0 saturated carbocycles. The van der Waals surface area contributed by atoms with Gasteiger partial charge in [-0.1, -0.05) is 11.3 Å². The number of nitrogens with one attached hydrogen (secondary N) is 1. The Hall–Kier alpha value is -3.01. The number of amides is 2. The minimum absolute atomic E-state index is 0.100. The molecule has 3 heterocycles. The van der Waals surface area contributed by atoms with Crippen LogP contribution in [0.25, 0.3) is 0 Å². The number of nitrogens with zero attached hydrogens (tertiary/aromatic N) is 2. The molecule has 0 unspecified atom stereocenters. The number of carbonyl (C=O) groups is 4. The molecule has 170 valence electrons. The second kappa shape index (κ2) is 9.23. The molecule has 2 aromatic rings. The number of carbonyl (C=O) groups excluding carboxylic acids is 4. The lowest BCUT2D eigenvalue weighted by atomic mass is 9.87. The van der Waals surface area contributed by atoms with Gasteiger partial charge < -0.3 is 14.1 Å². The highest BCUT2D eigenvalue weighted by Gasteiger charge is 2.37. The van der Waals surface area contributed by atoms with Crippen molar-refractivity contribution in [2.75, 3.05) is 25.0 Å². The van der Waals surface area contributed by atoms with E-state index in [1.165, 1.54) is 6.26 Å². The van der Waals surface area contributed by atoms with E-state index in [1.54, 1.807) is 24.8 Å². The predicted molar refractivity (Wildman–Crippen MR) is 116 cm³/mol. The number of aromatic nitrogens is 1. The molecule has 9 nitrogen and oxygen atoms in total. The van der Waals surface area contributed by atoms with Crippen LogP contribution >= 0.6 is 11.3 Å². The van der Waals surface area contributed by atoms with E-state index in [0.29, 0.717) is 59.6 Å². The van der Waals surface area contributed by atoms with Gasteiger partial charge in [0.25, 0.3) is 5.91 Å². The maximum absolute atomic E-state index is 13.1. The first-order valence-electron chi connectivity index (χ1n) is 10.7. The molecule has 10 heteroatoms. The van der Waals surface area contributed by atoms with E-state index in [9.17, 15) is 19.2 Å². The fraction of sp³-hybridized carbons (Fsp3) is 0.500. The summed E-state index contributed by atoms with van der Waals surface area (Å²) in [6.45, 7) is 4.64. The number of furan rings is 1. The van der Waals surface area contributed by atoms with E-state index in [0.717, 1.165) is 17.8 Å². The van der Waals surface area contributed by atoms with Crippen LogP contribution in [0.4, 0.5) is 5.13 Å². The van der Waals surface area contributed by atoms with Gasteiger partial charge in [0.1, 0.15) is 5.76 Å². The van der Waals surface area contributed by atoms with Gasteiger partial charge in [0.15, 0.2) is 10.9 Å². The molecule has 1 N–H and O–H groups in total. The molecular formula is C22H25N3O6S. The average Bonchev–Trinajstić information content (AvgIpc) is 3.39. The molecule has 2 aliphatic rings. The second-order valence-electron chi connectivity index (χ2n) is 8.04. The van der Waals surface area contributed by atoms with Crippen molar-refractivity contribution in [1.29, 1.82) is 0 Å². The quantitative estimate of drug-likeness (QED) is 0.683. The summed E-state index contributed by atoms with van der Waals surface area (Å²) in [4.78, 5) is 56.9. The van der Waals surface area contributed by atoms with Crippen molar-refractivity contribution in [1.82, 2.24) is 9.88 Å². The number of Topliss-reactive ketones (excluding diaryl/α,β-unsaturated/α-hetero) is 1. The van der Waals surface area contributed by atoms with Crippen LogP contribution in [0.2, 0.25) is 0 Å². The zero-order chi connectivity index (χ0) is 22.8. The fourth-order valence-corrected chi connectivity index (χ4v) is 5.17. The Morgan fingerprint density at radius 3 is 2.84 bits per heavy atom. The summed E-state index contributed by atoms with van der Waals surface area (Å²) >= 11 is 1.12. The Balaban J connectivity index is 1.43. The van der Waals surface area contributed by atoms with Crippen molar-refractivity contribution in [2.24, 2.45) is 11.8 Å². The maximum Gasteiger partial charge on any atom is 0.310 e. The topological polar surface area (TPSA) is 119 Å². The van der Waals surface area contributed by atoms with Crippen molar-refractivity contribution < 1.29 is 28.3 Å². The highest BCUT2D eigenvalue weighted by molar-refractivity contribution is 7.17. The zero-order valence-corrected chi connectivity index (χ0v) is 18.8. The smallest absolute Gasteiger partial charge is 0.310 e. The number of ether oxygens (including phenoxy) is 1. The Bertz CT molecular complexity index is 1060. The molecule has 2 atom stereocenters. The van der Waals surface area contributed by atoms with Gasteiger partial charge in [0.05, 0.1) is 40.8 Å². The Morgan fingerprint density at radius 2 is 2.12 bits per heavy atom. The van der Waals surface area contributed by atoms with Gasteiger partial charge in [-0.05, 0) is 32.8 Å². The highest BCUT2D eigenvalue weighted by Crippen LogP contribution is 2.34. The van der Waals surface area contributed by atoms with Crippen LogP contribution in [0.5, 0.6) is 0 Å². The normalized spacial score (nSPS) is 20.6. The van der Waals surface area contributed by atoms with Crippen LogP contribution < -0.4 is 5.32 Å². The summed E-state index contributed by atoms with van der Waals surface area (Å²) in [7, 11) is 0. The van der Waals surface area contributed by atoms with Crippen molar-refractivity contribution in [3.8, 4) is 0 Å². The van der Waals surface area contributed by atoms with Crippen molar-refractivity contribution in [2.45, 2.75) is 39.5 Å². The number of fused-ring (bicyclic) bond motifs is 1. The molecule has 1 fully saturated rings. The van der Waals surface area contributed by atoms with E-state index in [4.69, 9.17) is 9.15 Å². The van der Waals surface area contributed by atoms with Crippen molar-refractivity contribution >= 4 is 40.0 Å². The first-order valence-corrected chi connectivity index (χ1v) is 11.5. The van der Waals surface area contributed by atoms with Crippen molar-refractivity contribution in [3.63, 3.8) is 0 Å². The third kappa shape index (κ3) is 4.45. The van der Waals surface area contributed by atoms with Gasteiger partial charge in [0.2, 0.25) is 5.91 Å². The molecule has 2 aromatic heterocycles. The Kier molecular flexibility index (Phi) is 6.40. The minimum Gasteiger partial charge on any atom is -0.469 e. The summed E-state index contributed by atoms with van der Waals surface area (Å²) < 4.78 is 10.3. The number of rotatable bonds is 5. The monoisotopic (exact) mass is 459 g/mol. The molecular weight excluding hydrogens is 434 g/mol. The van der Waals surface area contributed by atoms with Gasteiger partial charge in [-0.2, -0.15) is 0 Å². The van der Waals surface area contributed by atoms with Gasteiger partial charge >= 0.3 is 5.97 Å². The standard InChI is InChI=1S/C22H25N3O6S/c1-3-30-21(29)13-5-4-7-25(11-13)20(28)14-9-16-18(17(26)10-14)32-22(23-16)24-19(27)15-6-8-31-12(15)2/h6,8,13-14H,3-5,7,9-11H2,1-2H3,(H,23,24,27)/t13-,14+/m0/s1. The van der Waals surface area contributed by atoms with Gasteiger partial charge in [-0.25, -0.2) is 4.98 Å². The summed E-state index contributed by atoms with van der Waals surface area (Å²) in [5.41, 5.74) is 0.932. The number of thiazole rings is 1. The van der Waals surface area contributed by atoms with Gasteiger partial charge in [0, 0.05) is 25.9 Å². The summed E-state index contributed by atoms with van der Waals surface area (Å²) in [6, 6.07) is 1.57. The lowest BCUT2D eigenvalue weighted by Gasteiger charge is -2.34. The number of piperidine rings is 1. The molecule has 32 heavy (non-hydrogen) atoms. The number of hydrogen-bond donors (Lipinski definition) is 1. The van der Waals surface area contributed by atoms with Crippen LogP contribution in [0.15, 0.2) is 16.7 Å². The molecule has 4 rings (SSSR count). The molecule has 1 saturated heterocycles. The fourth-order valence-electron chi connectivity index (χ4n) is 4.23. The number of likely N-dealkylation sites (tertiary alicyclic amines) is 1. The Morgan fingerprint density at radius 1 is 1.31 bits per heavy atom. The number of esters is 1. The maximum atomic E-state index is 13.1. The molecule has 1 aliphatic carbocycles. The van der Waals surface area contributed by atoms with Crippen molar-refractivity contribution in [3.05, 3.63) is 34.2 Å². The third-order valence-corrected chi connectivity index (χ3v) is 6.90. The zero-order valence-electron chi connectivity index (χ0n) is 18.0. The molecule has 2 amide bonds. The lowest BCUT2D eigenvalue weighted by molar-refractivity contribution is -0.152. The van der Waals surface area contributed by atoms with Crippen LogP contribution in [-0.4, -0.2) is 53.1 Å². The largest absolute Gasteiger partial charge is 0.469 e. The van der Waals surface area contributed by atoms with Crippen LogP contribution in [-0.2, 0) is 20.7 Å². The first kappa shape index (κ1) is 22.2. The van der Waals surface area contributed by atoms with Crippen LogP contribution in [0.1, 0.15) is 57.7 Å². The summed E-state index contributed by atoms with van der Waals surface area (Å²) in [6.07, 6.45) is 3.29. The molecule has 0 aromatic carbocycles. The molecule has 0 spiro atoms. The summed E-state index contributed by atoms with van der Waals surface area (Å²) in [5.74, 6) is -1.27. The van der Waals surface area contributed by atoms with Crippen LogP contribution in [0.3, 0.4) is 0 Å². The molecule has 0 radical (unpaired) electrons. The Labute approximate surface area is 189 Å². The molecule has 0 bridgehead atoms. The van der Waals surface area contributed by atoms with E-state index in [-0.39, 0.29) is 35.9 Å². The van der Waals surface area contributed by atoms with E-state index in [2.05, 4.69) is 10.3 Å². The minimum atomic E-state index is -0.516. The van der Waals surface area contributed by atoms with E-state index >= 15 is 0 Å². The van der Waals surface area contributed by atoms with E-state index in [1.807, 2.05) is 0 Å². The second-order valence-corrected chi connectivity index (χ2v) is 9.04. The number of hydrogen-bond acceptors (Lipinski definition) is 8. The predicted octanol–water partition coefficient (Wildman–Crippen LogP) is 2.84. The van der Waals surface area contributed by atoms with Crippen LogP contribution in [0, 0.1) is 18.8 Å². The SMILES string of the molecule is CCOC(=O)[C@H]1CCCN(C(=O)[C@H]2CC(=O)c3sc(NC(=O)c4ccoc4C)nc3C2)C1. The van der Waals surface area contributed by atoms with Gasteiger partial charge in [-0.3, -0.25) is 24.5 Å². The number of aryl methyl sites for hydroxylation is 1. The average molecular weight is 460 g/mol. The number of ketones is 1. The molecule has 1 aliphatic heterocycles. The third-order valence-electron chi connectivity index (χ3n) is 5.85. The first-order chi connectivity index (χ1) is 15.4. The number of anilines is 1.